The summed E-state index contributed by atoms with van der Waals surface area (Å²) in [4.78, 5) is 16.0. The predicted molar refractivity (Wildman–Crippen MR) is 93.8 cm³/mol. The number of aromatic nitrogens is 2. The van der Waals surface area contributed by atoms with Crippen LogP contribution in [0.25, 0.3) is 21.3 Å². The molecule has 25 heavy (non-hydrogen) atoms. The molecule has 0 N–H and O–H groups in total. The van der Waals surface area contributed by atoms with Gasteiger partial charge in [-0.3, -0.25) is 9.36 Å². The lowest BCUT2D eigenvalue weighted by Crippen LogP contribution is -2.28. The number of fused-ring (bicyclic) bond motifs is 1. The molecule has 3 aromatic rings. The molecule has 7 heteroatoms. The Bertz CT molecular complexity index is 1030. The fourth-order valence-electron chi connectivity index (χ4n) is 2.57. The van der Waals surface area contributed by atoms with Gasteiger partial charge in [0.2, 0.25) is 5.92 Å². The number of hydrogen-bond acceptors (Lipinski definition) is 4. The number of alkyl halides is 2. The zero-order chi connectivity index (χ0) is 18.2. The zero-order valence-electron chi connectivity index (χ0n) is 13.7. The van der Waals surface area contributed by atoms with Crippen LogP contribution in [-0.2, 0) is 6.54 Å². The van der Waals surface area contributed by atoms with Gasteiger partial charge in [-0.2, -0.15) is 5.26 Å². The Hall–Kier alpha value is -2.59. The number of benzene rings is 1. The second kappa shape index (κ2) is 6.37. The van der Waals surface area contributed by atoms with E-state index in [4.69, 9.17) is 0 Å². The molecule has 0 radical (unpaired) electrons. The predicted octanol–water partition coefficient (Wildman–Crippen LogP) is 4.29. The lowest BCUT2D eigenvalue weighted by molar-refractivity contribution is -0.0381. The molecule has 0 spiro atoms. The minimum Gasteiger partial charge on any atom is -0.298 e. The van der Waals surface area contributed by atoms with Crippen LogP contribution in [0.3, 0.4) is 0 Å². The Morgan fingerprint density at radius 2 is 2.16 bits per heavy atom. The first kappa shape index (κ1) is 17.2. The maximum Gasteiger partial charge on any atom is 0.308 e. The van der Waals surface area contributed by atoms with Gasteiger partial charge < -0.3 is 0 Å². The smallest absolute Gasteiger partial charge is 0.298 e. The Balaban J connectivity index is 2.07. The summed E-state index contributed by atoms with van der Waals surface area (Å²) in [6.07, 6.45) is 1.54. The average Bonchev–Trinajstić information content (AvgIpc) is 2.88. The summed E-state index contributed by atoms with van der Waals surface area (Å²) in [5, 5.41) is 9.18. The molecule has 4 nitrogen and oxygen atoms in total. The summed E-state index contributed by atoms with van der Waals surface area (Å²) in [7, 11) is 0. The molecule has 1 atom stereocenters. The first-order valence-electron chi connectivity index (χ1n) is 7.68. The lowest BCUT2D eigenvalue weighted by atomic mass is 10.0. The van der Waals surface area contributed by atoms with Gasteiger partial charge in [-0.1, -0.05) is 24.3 Å². The number of halogens is 2. The molecule has 0 bridgehead atoms. The fourth-order valence-corrected chi connectivity index (χ4v) is 3.51. The summed E-state index contributed by atoms with van der Waals surface area (Å²) >= 11 is 1.01. The van der Waals surface area contributed by atoms with Crippen LogP contribution in [0.2, 0.25) is 0 Å². The van der Waals surface area contributed by atoms with Crippen molar-refractivity contribution >= 4 is 21.6 Å². The molecule has 2 heterocycles. The standard InChI is InChI=1S/C18H15F2N3OS/c1-11(18(2,19)20)10-23-15-6-5-12(8-16(15)25-17(23)24)13-4-3-7-22-14(13)9-21/h3-8,11H,10H2,1-2H3. The highest BCUT2D eigenvalue weighted by atomic mass is 32.1. The van der Waals surface area contributed by atoms with E-state index in [1.807, 2.05) is 6.07 Å². The Morgan fingerprint density at radius 1 is 1.40 bits per heavy atom. The highest BCUT2D eigenvalue weighted by Crippen LogP contribution is 2.30. The number of pyridine rings is 1. The molecule has 0 saturated heterocycles. The number of nitriles is 1. The third kappa shape index (κ3) is 3.30. The molecule has 0 aliphatic rings. The van der Waals surface area contributed by atoms with Gasteiger partial charge in [0.05, 0.1) is 10.2 Å². The van der Waals surface area contributed by atoms with Crippen LogP contribution in [0.5, 0.6) is 0 Å². The van der Waals surface area contributed by atoms with E-state index in [1.165, 1.54) is 11.5 Å². The van der Waals surface area contributed by atoms with E-state index >= 15 is 0 Å². The van der Waals surface area contributed by atoms with E-state index in [2.05, 4.69) is 4.98 Å². The first-order valence-corrected chi connectivity index (χ1v) is 8.49. The van der Waals surface area contributed by atoms with Gasteiger partial charge in [0.1, 0.15) is 11.8 Å². The molecule has 0 fully saturated rings. The van der Waals surface area contributed by atoms with Crippen molar-refractivity contribution < 1.29 is 8.78 Å². The molecule has 0 aliphatic carbocycles. The number of hydrogen-bond donors (Lipinski definition) is 0. The molecule has 128 valence electrons. The number of thiazole rings is 1. The molecular weight excluding hydrogens is 344 g/mol. The molecule has 3 rings (SSSR count). The molecular formula is C18H15F2N3OS. The van der Waals surface area contributed by atoms with Gasteiger partial charge in [-0.15, -0.1) is 0 Å². The van der Waals surface area contributed by atoms with E-state index in [0.29, 0.717) is 21.5 Å². The van der Waals surface area contributed by atoms with Gasteiger partial charge in [-0.05, 0) is 36.8 Å². The van der Waals surface area contributed by atoms with Gasteiger partial charge in [0, 0.05) is 24.2 Å². The van der Waals surface area contributed by atoms with Gasteiger partial charge >= 0.3 is 4.87 Å². The third-order valence-corrected chi connectivity index (χ3v) is 5.16. The van der Waals surface area contributed by atoms with Gasteiger partial charge in [0.25, 0.3) is 0 Å². The molecule has 0 saturated carbocycles. The van der Waals surface area contributed by atoms with Crippen molar-refractivity contribution in [2.75, 3.05) is 0 Å². The normalized spacial score (nSPS) is 12.9. The van der Waals surface area contributed by atoms with Crippen LogP contribution >= 0.6 is 11.3 Å². The van der Waals surface area contributed by atoms with E-state index in [1.54, 1.807) is 36.5 Å². The first-order chi connectivity index (χ1) is 11.8. The van der Waals surface area contributed by atoms with Crippen molar-refractivity contribution in [2.45, 2.75) is 26.3 Å². The van der Waals surface area contributed by atoms with Crippen molar-refractivity contribution in [1.29, 1.82) is 5.26 Å². The SMILES string of the molecule is CC(Cn1c(=O)sc2cc(-c3cccnc3C#N)ccc21)C(C)(F)F. The van der Waals surface area contributed by atoms with E-state index < -0.39 is 11.8 Å². The minimum atomic E-state index is -2.86. The van der Waals surface area contributed by atoms with Crippen LogP contribution in [0.1, 0.15) is 19.5 Å². The molecule has 1 aromatic carbocycles. The van der Waals surface area contributed by atoms with E-state index in [9.17, 15) is 18.8 Å². The van der Waals surface area contributed by atoms with Crippen molar-refractivity contribution in [3.05, 3.63) is 51.9 Å². The van der Waals surface area contributed by atoms with Crippen LogP contribution in [0.4, 0.5) is 8.78 Å². The average molecular weight is 359 g/mol. The summed E-state index contributed by atoms with van der Waals surface area (Å²) < 4.78 is 29.0. The summed E-state index contributed by atoms with van der Waals surface area (Å²) in [6, 6.07) is 10.9. The molecule has 2 aromatic heterocycles. The second-order valence-corrected chi connectivity index (χ2v) is 7.02. The van der Waals surface area contributed by atoms with Crippen LogP contribution in [0, 0.1) is 17.2 Å². The number of nitrogens with zero attached hydrogens (tertiary/aromatic N) is 3. The van der Waals surface area contributed by atoms with Gasteiger partial charge in [-0.25, -0.2) is 13.8 Å². The summed E-state index contributed by atoms with van der Waals surface area (Å²) in [5.74, 6) is -3.81. The van der Waals surface area contributed by atoms with Crippen molar-refractivity contribution in [1.82, 2.24) is 9.55 Å². The zero-order valence-corrected chi connectivity index (χ0v) is 14.5. The monoisotopic (exact) mass is 359 g/mol. The number of rotatable bonds is 4. The van der Waals surface area contributed by atoms with Crippen molar-refractivity contribution in [3.63, 3.8) is 0 Å². The maximum absolute atomic E-state index is 13.5. The van der Waals surface area contributed by atoms with Crippen molar-refractivity contribution in [3.8, 4) is 17.2 Å². The Kier molecular flexibility index (Phi) is 4.39. The largest absolute Gasteiger partial charge is 0.308 e. The highest BCUT2D eigenvalue weighted by molar-refractivity contribution is 7.16. The van der Waals surface area contributed by atoms with Crippen LogP contribution in [-0.4, -0.2) is 15.5 Å². The topological polar surface area (TPSA) is 58.7 Å². The molecule has 0 aliphatic heterocycles. The Labute approximate surface area is 147 Å². The quantitative estimate of drug-likeness (QED) is 0.698. The maximum atomic E-state index is 13.5. The van der Waals surface area contributed by atoms with Crippen LogP contribution in [0.15, 0.2) is 41.3 Å². The summed E-state index contributed by atoms with van der Waals surface area (Å²) in [6.45, 7) is 2.25. The Morgan fingerprint density at radius 3 is 2.84 bits per heavy atom. The molecule has 0 amide bonds. The van der Waals surface area contributed by atoms with Crippen molar-refractivity contribution in [2.24, 2.45) is 5.92 Å². The van der Waals surface area contributed by atoms with E-state index in [-0.39, 0.29) is 11.4 Å². The summed E-state index contributed by atoms with van der Waals surface area (Å²) in [5.41, 5.74) is 2.36. The van der Waals surface area contributed by atoms with Gasteiger partial charge in [0.15, 0.2) is 0 Å². The lowest BCUT2D eigenvalue weighted by Gasteiger charge is -2.19. The fraction of sp³-hybridized carbons (Fsp3) is 0.278. The molecule has 1 unspecified atom stereocenters. The minimum absolute atomic E-state index is 0.0436. The van der Waals surface area contributed by atoms with Crippen LogP contribution < -0.4 is 4.87 Å². The van der Waals surface area contributed by atoms with E-state index in [0.717, 1.165) is 23.8 Å². The highest BCUT2D eigenvalue weighted by Gasteiger charge is 2.31. The third-order valence-electron chi connectivity index (χ3n) is 4.21. The second-order valence-electron chi connectivity index (χ2n) is 6.03.